The number of urea groups is 1. The van der Waals surface area contributed by atoms with Crippen molar-refractivity contribution in [2.24, 2.45) is 0 Å². The lowest BCUT2D eigenvalue weighted by Crippen LogP contribution is -2.37. The molecule has 0 saturated heterocycles. The second-order valence-electron chi connectivity index (χ2n) is 6.13. The summed E-state index contributed by atoms with van der Waals surface area (Å²) in [4.78, 5) is 35.7. The molecule has 0 bridgehead atoms. The Morgan fingerprint density at radius 3 is 2.16 bits per heavy atom. The summed E-state index contributed by atoms with van der Waals surface area (Å²) in [5.74, 6) is 0.235. The second kappa shape index (κ2) is 12.7. The topological polar surface area (TPSA) is 121 Å². The lowest BCUT2D eigenvalue weighted by atomic mass is 10.2. The van der Waals surface area contributed by atoms with Crippen molar-refractivity contribution in [1.29, 1.82) is 0 Å². The first-order chi connectivity index (χ1) is 15.5. The third kappa shape index (κ3) is 7.71. The summed E-state index contributed by atoms with van der Waals surface area (Å²) in [6.07, 6.45) is 0. The molecule has 2 rings (SSSR count). The van der Waals surface area contributed by atoms with E-state index in [9.17, 15) is 14.4 Å². The highest BCUT2D eigenvalue weighted by Gasteiger charge is 2.14. The van der Waals surface area contributed by atoms with Crippen molar-refractivity contribution in [3.05, 3.63) is 42.5 Å². The van der Waals surface area contributed by atoms with Crippen LogP contribution in [-0.4, -0.2) is 51.4 Å². The summed E-state index contributed by atoms with van der Waals surface area (Å²) in [7, 11) is 1.47. The molecular weight excluding hydrogens is 420 g/mol. The number of methoxy groups -OCH3 is 1. The standard InChI is InChI=1S/C22H26N2O8/c1-4-29-18-11-10-15(12-19(18)30-5-2)23-22(27)24-20(25)13-32-21(26)14-31-17-9-7-6-8-16(17)28-3/h6-12H,4-5,13-14H2,1-3H3,(H2,23,24,25,27). The number of imide groups is 1. The minimum Gasteiger partial charge on any atom is -0.493 e. The largest absolute Gasteiger partial charge is 0.493 e. The first-order valence-electron chi connectivity index (χ1n) is 9.88. The monoisotopic (exact) mass is 446 g/mol. The molecule has 0 saturated carbocycles. The van der Waals surface area contributed by atoms with E-state index in [4.69, 9.17) is 23.7 Å². The fourth-order valence-electron chi connectivity index (χ4n) is 2.52. The average Bonchev–Trinajstić information content (AvgIpc) is 2.78. The van der Waals surface area contributed by atoms with Crippen molar-refractivity contribution in [3.8, 4) is 23.0 Å². The third-order valence-electron chi connectivity index (χ3n) is 3.83. The van der Waals surface area contributed by atoms with E-state index in [0.717, 1.165) is 0 Å². The normalized spacial score (nSPS) is 9.97. The van der Waals surface area contributed by atoms with E-state index in [2.05, 4.69) is 10.6 Å². The molecule has 172 valence electrons. The Balaban J connectivity index is 1.78. The molecule has 32 heavy (non-hydrogen) atoms. The van der Waals surface area contributed by atoms with Gasteiger partial charge in [0.25, 0.3) is 5.91 Å². The van der Waals surface area contributed by atoms with E-state index in [-0.39, 0.29) is 0 Å². The molecule has 2 N–H and O–H groups in total. The Labute approximate surface area is 185 Å². The average molecular weight is 446 g/mol. The van der Waals surface area contributed by atoms with Gasteiger partial charge in [0.1, 0.15) is 0 Å². The zero-order valence-corrected chi connectivity index (χ0v) is 18.1. The highest BCUT2D eigenvalue weighted by atomic mass is 16.6. The number of carbonyl (C=O) groups excluding carboxylic acids is 3. The Bertz CT molecular complexity index is 932. The summed E-state index contributed by atoms with van der Waals surface area (Å²) < 4.78 is 26.2. The van der Waals surface area contributed by atoms with E-state index in [1.807, 2.05) is 13.8 Å². The minimum absolute atomic E-state index is 0.359. The molecule has 0 unspecified atom stereocenters. The molecule has 2 aromatic carbocycles. The molecule has 2 aromatic rings. The number of ether oxygens (including phenoxy) is 5. The van der Waals surface area contributed by atoms with E-state index in [1.54, 1.807) is 42.5 Å². The number of anilines is 1. The lowest BCUT2D eigenvalue weighted by molar-refractivity contribution is -0.150. The Morgan fingerprint density at radius 1 is 0.812 bits per heavy atom. The first kappa shape index (κ1) is 24.3. The molecule has 3 amide bonds. The Hall–Kier alpha value is -3.95. The van der Waals surface area contributed by atoms with Crippen molar-refractivity contribution >= 4 is 23.6 Å². The van der Waals surface area contributed by atoms with Gasteiger partial charge in [-0.05, 0) is 38.1 Å². The predicted octanol–water partition coefficient (Wildman–Crippen LogP) is 2.76. The maximum atomic E-state index is 12.0. The maximum absolute atomic E-state index is 12.0. The number of hydrogen-bond donors (Lipinski definition) is 2. The lowest BCUT2D eigenvalue weighted by Gasteiger charge is -2.13. The fourth-order valence-corrected chi connectivity index (χ4v) is 2.52. The number of amides is 3. The third-order valence-corrected chi connectivity index (χ3v) is 3.83. The van der Waals surface area contributed by atoms with Crippen molar-refractivity contribution in [2.45, 2.75) is 13.8 Å². The molecule has 0 fully saturated rings. The van der Waals surface area contributed by atoms with Gasteiger partial charge in [-0.15, -0.1) is 0 Å². The van der Waals surface area contributed by atoms with Gasteiger partial charge in [-0.1, -0.05) is 12.1 Å². The van der Waals surface area contributed by atoms with Crippen LogP contribution in [0.4, 0.5) is 10.5 Å². The van der Waals surface area contributed by atoms with Crippen LogP contribution in [0.2, 0.25) is 0 Å². The highest BCUT2D eigenvalue weighted by molar-refractivity contribution is 6.02. The van der Waals surface area contributed by atoms with Crippen LogP contribution >= 0.6 is 0 Å². The van der Waals surface area contributed by atoms with Crippen molar-refractivity contribution in [1.82, 2.24) is 5.32 Å². The van der Waals surface area contributed by atoms with Crippen LogP contribution < -0.4 is 29.6 Å². The van der Waals surface area contributed by atoms with E-state index in [1.165, 1.54) is 7.11 Å². The number of carbonyl (C=O) groups is 3. The maximum Gasteiger partial charge on any atom is 0.344 e. The fraction of sp³-hybridized carbons (Fsp3) is 0.318. The molecule has 0 radical (unpaired) electrons. The molecule has 0 aliphatic rings. The van der Waals surface area contributed by atoms with Gasteiger partial charge in [-0.3, -0.25) is 10.1 Å². The van der Waals surface area contributed by atoms with Crippen LogP contribution in [0, 0.1) is 0 Å². The summed E-state index contributed by atoms with van der Waals surface area (Å²) >= 11 is 0. The Morgan fingerprint density at radius 2 is 1.47 bits per heavy atom. The van der Waals surface area contributed by atoms with Crippen LogP contribution in [0.5, 0.6) is 23.0 Å². The van der Waals surface area contributed by atoms with Gasteiger partial charge in [0.05, 0.1) is 20.3 Å². The summed E-state index contributed by atoms with van der Waals surface area (Å²) in [6.45, 7) is 3.48. The minimum atomic E-state index is -0.802. The van der Waals surface area contributed by atoms with Crippen molar-refractivity contribution in [3.63, 3.8) is 0 Å². The number of esters is 1. The number of nitrogens with one attached hydrogen (secondary N) is 2. The molecular formula is C22H26N2O8. The molecule has 0 aliphatic heterocycles. The van der Waals surface area contributed by atoms with E-state index in [0.29, 0.717) is 41.9 Å². The van der Waals surface area contributed by atoms with Gasteiger partial charge in [-0.25, -0.2) is 9.59 Å². The van der Waals surface area contributed by atoms with Gasteiger partial charge in [0, 0.05) is 11.8 Å². The van der Waals surface area contributed by atoms with Crippen LogP contribution in [0.1, 0.15) is 13.8 Å². The number of hydrogen-bond acceptors (Lipinski definition) is 8. The van der Waals surface area contributed by atoms with Gasteiger partial charge in [-0.2, -0.15) is 0 Å². The molecule has 0 heterocycles. The molecule has 10 heteroatoms. The van der Waals surface area contributed by atoms with Crippen LogP contribution in [0.15, 0.2) is 42.5 Å². The summed E-state index contributed by atoms with van der Waals surface area (Å²) in [6, 6.07) is 10.8. The summed E-state index contributed by atoms with van der Waals surface area (Å²) in [5, 5.41) is 4.57. The van der Waals surface area contributed by atoms with Gasteiger partial charge in [0.15, 0.2) is 36.2 Å². The second-order valence-corrected chi connectivity index (χ2v) is 6.13. The molecule has 0 aromatic heterocycles. The van der Waals surface area contributed by atoms with Gasteiger partial charge >= 0.3 is 12.0 Å². The van der Waals surface area contributed by atoms with Crippen molar-refractivity contribution < 1.29 is 38.1 Å². The molecule has 0 spiro atoms. The molecule has 10 nitrogen and oxygen atoms in total. The van der Waals surface area contributed by atoms with Gasteiger partial charge < -0.3 is 29.0 Å². The smallest absolute Gasteiger partial charge is 0.344 e. The number of rotatable bonds is 11. The highest BCUT2D eigenvalue weighted by Crippen LogP contribution is 2.30. The summed E-state index contributed by atoms with van der Waals surface area (Å²) in [5.41, 5.74) is 0.393. The van der Waals surface area contributed by atoms with Crippen LogP contribution in [0.3, 0.4) is 0 Å². The SMILES string of the molecule is CCOc1ccc(NC(=O)NC(=O)COC(=O)COc2ccccc2OC)cc1OCC. The number of para-hydroxylation sites is 2. The zero-order chi connectivity index (χ0) is 23.3. The van der Waals surface area contributed by atoms with E-state index >= 15 is 0 Å². The Kier molecular flexibility index (Phi) is 9.64. The number of benzene rings is 2. The van der Waals surface area contributed by atoms with Crippen LogP contribution in [0.25, 0.3) is 0 Å². The zero-order valence-electron chi connectivity index (χ0n) is 18.1. The van der Waals surface area contributed by atoms with Gasteiger partial charge in [0.2, 0.25) is 0 Å². The predicted molar refractivity (Wildman–Crippen MR) is 115 cm³/mol. The quantitative estimate of drug-likeness (QED) is 0.506. The first-order valence-corrected chi connectivity index (χ1v) is 9.88. The molecule has 0 aliphatic carbocycles. The van der Waals surface area contributed by atoms with E-state index < -0.39 is 31.1 Å². The van der Waals surface area contributed by atoms with Crippen LogP contribution in [-0.2, 0) is 14.3 Å². The van der Waals surface area contributed by atoms with Crippen molar-refractivity contribution in [2.75, 3.05) is 38.9 Å². The molecule has 0 atom stereocenters.